The van der Waals surface area contributed by atoms with E-state index < -0.39 is 0 Å². The second kappa shape index (κ2) is 3.49. The Morgan fingerprint density at radius 1 is 1.53 bits per heavy atom. The molecule has 0 unspecified atom stereocenters. The molecular formula is C10H13N3O2. The third-order valence-corrected chi connectivity index (χ3v) is 2.56. The zero-order valence-electron chi connectivity index (χ0n) is 8.86. The molecule has 0 radical (unpaired) electrons. The van der Waals surface area contributed by atoms with E-state index in [9.17, 15) is 9.59 Å². The number of hydrogen-bond donors (Lipinski definition) is 0. The van der Waals surface area contributed by atoms with Crippen molar-refractivity contribution in [2.45, 2.75) is 13.3 Å². The predicted molar refractivity (Wildman–Crippen MR) is 53.5 cm³/mol. The van der Waals surface area contributed by atoms with Crippen molar-refractivity contribution in [1.82, 2.24) is 14.7 Å². The lowest BCUT2D eigenvalue weighted by Crippen LogP contribution is -2.28. The van der Waals surface area contributed by atoms with Gasteiger partial charge in [0, 0.05) is 26.2 Å². The zero-order chi connectivity index (χ0) is 11.0. The fourth-order valence-corrected chi connectivity index (χ4v) is 1.78. The summed E-state index contributed by atoms with van der Waals surface area (Å²) in [6.45, 7) is 2.57. The molecule has 1 aromatic rings. The summed E-state index contributed by atoms with van der Waals surface area (Å²) < 4.78 is 1.61. The first-order valence-electron chi connectivity index (χ1n) is 4.89. The molecule has 15 heavy (non-hydrogen) atoms. The maximum atomic E-state index is 11.9. The third-order valence-electron chi connectivity index (χ3n) is 2.56. The second-order valence-corrected chi connectivity index (χ2v) is 3.82. The van der Waals surface area contributed by atoms with Gasteiger partial charge in [-0.25, -0.2) is 0 Å². The molecule has 1 aliphatic rings. The first-order chi connectivity index (χ1) is 7.08. The van der Waals surface area contributed by atoms with Crippen molar-refractivity contribution in [2.75, 3.05) is 13.1 Å². The Bertz CT molecular complexity index is 422. The van der Waals surface area contributed by atoms with Crippen LogP contribution in [0.4, 0.5) is 0 Å². The summed E-state index contributed by atoms with van der Waals surface area (Å²) >= 11 is 0. The lowest BCUT2D eigenvalue weighted by molar-refractivity contribution is -0.116. The molecule has 2 heterocycles. The SMILES string of the molecule is Cc1nn(C)cc1C(=O)N1CCC(=O)C1. The normalized spacial score (nSPS) is 16.1. The molecule has 5 heteroatoms. The van der Waals surface area contributed by atoms with E-state index in [1.165, 1.54) is 0 Å². The molecule has 0 N–H and O–H groups in total. The Morgan fingerprint density at radius 3 is 2.73 bits per heavy atom. The van der Waals surface area contributed by atoms with Crippen molar-refractivity contribution in [3.63, 3.8) is 0 Å². The molecular weight excluding hydrogens is 194 g/mol. The maximum absolute atomic E-state index is 11.9. The molecule has 1 fully saturated rings. The van der Waals surface area contributed by atoms with E-state index in [1.54, 1.807) is 29.7 Å². The van der Waals surface area contributed by atoms with Gasteiger partial charge >= 0.3 is 0 Å². The van der Waals surface area contributed by atoms with E-state index in [0.717, 1.165) is 0 Å². The fraction of sp³-hybridized carbons (Fsp3) is 0.500. The molecule has 0 atom stereocenters. The molecule has 0 spiro atoms. The van der Waals surface area contributed by atoms with Crippen LogP contribution in [0.3, 0.4) is 0 Å². The Morgan fingerprint density at radius 2 is 2.27 bits per heavy atom. The lowest BCUT2D eigenvalue weighted by Gasteiger charge is -2.12. The standard InChI is InChI=1S/C10H13N3O2/c1-7-9(6-12(2)11-7)10(15)13-4-3-8(14)5-13/h6H,3-5H2,1-2H3. The van der Waals surface area contributed by atoms with Crippen LogP contribution in [-0.4, -0.2) is 39.5 Å². The Kier molecular flexibility index (Phi) is 2.30. The predicted octanol–water partition coefficient (Wildman–Crippen LogP) is 0.144. The molecule has 2 rings (SSSR count). The number of aromatic nitrogens is 2. The van der Waals surface area contributed by atoms with Crippen LogP contribution in [0.25, 0.3) is 0 Å². The van der Waals surface area contributed by atoms with E-state index in [1.807, 2.05) is 0 Å². The molecule has 0 aliphatic carbocycles. The number of likely N-dealkylation sites (tertiary alicyclic amines) is 1. The molecule has 0 aromatic carbocycles. The van der Waals surface area contributed by atoms with Gasteiger partial charge in [-0.3, -0.25) is 14.3 Å². The topological polar surface area (TPSA) is 55.2 Å². The minimum absolute atomic E-state index is 0.0912. The van der Waals surface area contributed by atoms with Crippen LogP contribution < -0.4 is 0 Å². The van der Waals surface area contributed by atoms with Gasteiger partial charge in [0.1, 0.15) is 0 Å². The van der Waals surface area contributed by atoms with Crippen LogP contribution in [0.15, 0.2) is 6.20 Å². The van der Waals surface area contributed by atoms with E-state index in [4.69, 9.17) is 0 Å². The molecule has 1 amide bonds. The quantitative estimate of drug-likeness (QED) is 0.658. The molecule has 5 nitrogen and oxygen atoms in total. The fourth-order valence-electron chi connectivity index (χ4n) is 1.78. The number of hydrogen-bond acceptors (Lipinski definition) is 3. The first kappa shape index (κ1) is 9.89. The van der Waals surface area contributed by atoms with Crippen molar-refractivity contribution in [1.29, 1.82) is 0 Å². The number of carbonyl (C=O) groups is 2. The minimum Gasteiger partial charge on any atom is -0.331 e. The number of rotatable bonds is 1. The summed E-state index contributed by atoms with van der Waals surface area (Å²) in [7, 11) is 1.78. The first-order valence-corrected chi connectivity index (χ1v) is 4.89. The lowest BCUT2D eigenvalue weighted by atomic mass is 10.2. The highest BCUT2D eigenvalue weighted by molar-refractivity contribution is 5.99. The van der Waals surface area contributed by atoms with Crippen LogP contribution in [0.5, 0.6) is 0 Å². The van der Waals surface area contributed by atoms with Crippen molar-refractivity contribution >= 4 is 11.7 Å². The third kappa shape index (κ3) is 1.77. The van der Waals surface area contributed by atoms with Gasteiger partial charge < -0.3 is 4.90 Å². The van der Waals surface area contributed by atoms with Gasteiger partial charge in [-0.2, -0.15) is 5.10 Å². The van der Waals surface area contributed by atoms with E-state index in [0.29, 0.717) is 24.2 Å². The number of nitrogens with zero attached hydrogens (tertiary/aromatic N) is 3. The Labute approximate surface area is 87.7 Å². The van der Waals surface area contributed by atoms with Crippen molar-refractivity contribution in [3.05, 3.63) is 17.5 Å². The van der Waals surface area contributed by atoms with Crippen molar-refractivity contribution < 1.29 is 9.59 Å². The number of carbonyl (C=O) groups excluding carboxylic acids is 2. The van der Waals surface area contributed by atoms with E-state index >= 15 is 0 Å². The minimum atomic E-state index is -0.0912. The van der Waals surface area contributed by atoms with Crippen LogP contribution in [0.1, 0.15) is 22.5 Å². The second-order valence-electron chi connectivity index (χ2n) is 3.82. The summed E-state index contributed by atoms with van der Waals surface area (Å²) in [6.07, 6.45) is 2.17. The van der Waals surface area contributed by atoms with E-state index in [2.05, 4.69) is 5.10 Å². The summed E-state index contributed by atoms with van der Waals surface area (Å²) in [5, 5.41) is 4.11. The Balaban J connectivity index is 2.21. The zero-order valence-corrected chi connectivity index (χ0v) is 8.86. The highest BCUT2D eigenvalue weighted by Gasteiger charge is 2.26. The van der Waals surface area contributed by atoms with Gasteiger partial charge in [-0.1, -0.05) is 0 Å². The summed E-state index contributed by atoms with van der Waals surface area (Å²) in [5.74, 6) is 0.0383. The largest absolute Gasteiger partial charge is 0.331 e. The van der Waals surface area contributed by atoms with Crippen LogP contribution in [0, 0.1) is 6.92 Å². The molecule has 1 saturated heterocycles. The molecule has 80 valence electrons. The monoisotopic (exact) mass is 207 g/mol. The van der Waals surface area contributed by atoms with Gasteiger partial charge in [-0.15, -0.1) is 0 Å². The van der Waals surface area contributed by atoms with Crippen LogP contribution in [0.2, 0.25) is 0 Å². The van der Waals surface area contributed by atoms with Crippen molar-refractivity contribution in [3.8, 4) is 0 Å². The molecule has 1 aromatic heterocycles. The maximum Gasteiger partial charge on any atom is 0.257 e. The van der Waals surface area contributed by atoms with Crippen LogP contribution in [-0.2, 0) is 11.8 Å². The number of ketones is 1. The molecule has 1 aliphatic heterocycles. The summed E-state index contributed by atoms with van der Waals surface area (Å²) in [4.78, 5) is 24.6. The van der Waals surface area contributed by atoms with Gasteiger partial charge in [-0.05, 0) is 6.92 Å². The number of aryl methyl sites for hydroxylation is 2. The number of Topliss-reactive ketones (excluding diaryl/α,β-unsaturated/α-hetero) is 1. The van der Waals surface area contributed by atoms with E-state index in [-0.39, 0.29) is 18.2 Å². The van der Waals surface area contributed by atoms with Gasteiger partial charge in [0.05, 0.1) is 17.8 Å². The van der Waals surface area contributed by atoms with Gasteiger partial charge in [0.15, 0.2) is 5.78 Å². The summed E-state index contributed by atoms with van der Waals surface area (Å²) in [5.41, 5.74) is 1.30. The summed E-state index contributed by atoms with van der Waals surface area (Å²) in [6, 6.07) is 0. The highest BCUT2D eigenvalue weighted by Crippen LogP contribution is 2.13. The van der Waals surface area contributed by atoms with Crippen molar-refractivity contribution in [2.24, 2.45) is 7.05 Å². The average Bonchev–Trinajstić information content (AvgIpc) is 2.71. The number of amides is 1. The average molecular weight is 207 g/mol. The van der Waals surface area contributed by atoms with Crippen LogP contribution >= 0.6 is 0 Å². The van der Waals surface area contributed by atoms with Gasteiger partial charge in [0.2, 0.25) is 0 Å². The van der Waals surface area contributed by atoms with Gasteiger partial charge in [0.25, 0.3) is 5.91 Å². The highest BCUT2D eigenvalue weighted by atomic mass is 16.2. The smallest absolute Gasteiger partial charge is 0.257 e. The molecule has 0 bridgehead atoms. The molecule has 0 saturated carbocycles. The Hall–Kier alpha value is -1.65.